The number of rotatable bonds is 5. The van der Waals surface area contributed by atoms with Crippen LogP contribution in [0.25, 0.3) is 0 Å². The minimum atomic E-state index is -0.676. The molecule has 0 rings (SSSR count). The summed E-state index contributed by atoms with van der Waals surface area (Å²) >= 11 is -0.676. The Hall–Kier alpha value is 0.0284. The van der Waals surface area contributed by atoms with Gasteiger partial charge in [-0.2, -0.15) is 0 Å². The van der Waals surface area contributed by atoms with E-state index in [-0.39, 0.29) is 0 Å². The molecule has 0 bridgehead atoms. The van der Waals surface area contributed by atoms with Crippen LogP contribution < -0.4 is 0 Å². The molecule has 0 aliphatic rings. The molecule has 0 aromatic rings. The van der Waals surface area contributed by atoms with Crippen LogP contribution >= 0.6 is 0 Å². The molecule has 0 saturated heterocycles. The predicted molar refractivity (Wildman–Crippen MR) is 39.2 cm³/mol. The van der Waals surface area contributed by atoms with Crippen molar-refractivity contribution < 1.29 is 9.90 Å². The maximum absolute atomic E-state index is 10.0. The number of carboxylic acid groups (broad SMARTS) is 1. The van der Waals surface area contributed by atoms with Crippen LogP contribution in [0.2, 0.25) is 5.21 Å². The summed E-state index contributed by atoms with van der Waals surface area (Å²) < 4.78 is -0.570. The first kappa shape index (κ1) is 9.03. The van der Waals surface area contributed by atoms with Gasteiger partial charge in [-0.15, -0.1) is 0 Å². The third kappa shape index (κ3) is 8.03. The van der Waals surface area contributed by atoms with E-state index in [4.69, 9.17) is 5.11 Å². The summed E-state index contributed by atoms with van der Waals surface area (Å²) in [6, 6.07) is 0. The van der Waals surface area contributed by atoms with Crippen molar-refractivity contribution in [2.24, 2.45) is 0 Å². The molecule has 53 valence electrons. The fourth-order valence-corrected chi connectivity index (χ4v) is 1.84. The fourth-order valence-electron chi connectivity index (χ4n) is 0.497. The average Bonchev–Trinajstić information content (AvgIpc) is 1.80. The summed E-state index contributed by atoms with van der Waals surface area (Å²) in [5.74, 6) is 0. The van der Waals surface area contributed by atoms with Gasteiger partial charge in [0, 0.05) is 0 Å². The fraction of sp³-hybridized carbons (Fsp3) is 0.667. The molecule has 0 saturated carbocycles. The van der Waals surface area contributed by atoms with Crippen molar-refractivity contribution in [3.05, 3.63) is 6.92 Å². The van der Waals surface area contributed by atoms with Crippen LogP contribution in [0.15, 0.2) is 0 Å². The molecule has 9 heavy (non-hydrogen) atoms. The van der Waals surface area contributed by atoms with Gasteiger partial charge in [0.1, 0.15) is 0 Å². The quantitative estimate of drug-likeness (QED) is 0.528. The molecule has 0 aromatic carbocycles. The average molecular weight is 191 g/mol. The van der Waals surface area contributed by atoms with Crippen LogP contribution in [-0.2, 0) is 0 Å². The molecule has 0 aliphatic carbocycles. The van der Waals surface area contributed by atoms with Gasteiger partial charge in [-0.25, -0.2) is 0 Å². The summed E-state index contributed by atoms with van der Waals surface area (Å²) in [6.45, 7) is 3.67. The Morgan fingerprint density at radius 2 is 2.22 bits per heavy atom. The molecule has 0 aromatic heterocycles. The van der Waals surface area contributed by atoms with Gasteiger partial charge in [0.05, 0.1) is 0 Å². The van der Waals surface area contributed by atoms with Gasteiger partial charge in [-0.1, -0.05) is 0 Å². The van der Waals surface area contributed by atoms with Gasteiger partial charge >= 0.3 is 61.8 Å². The summed E-state index contributed by atoms with van der Waals surface area (Å²) in [4.78, 5) is 10.0. The Bertz CT molecular complexity index is 83.1. The molecule has 0 spiro atoms. The molecule has 1 N–H and O–H groups in total. The minimum absolute atomic E-state index is 0.570. The van der Waals surface area contributed by atoms with E-state index in [0.717, 1.165) is 24.5 Å². The van der Waals surface area contributed by atoms with Crippen LogP contribution in [-0.4, -0.2) is 25.6 Å². The van der Waals surface area contributed by atoms with E-state index in [2.05, 4.69) is 6.92 Å². The summed E-state index contributed by atoms with van der Waals surface area (Å²) in [5, 5.41) is 9.17. The van der Waals surface area contributed by atoms with E-state index in [1.807, 2.05) is 0 Å². The first-order chi connectivity index (χ1) is 4.27. The molecule has 0 heterocycles. The Morgan fingerprint density at radius 3 is 2.67 bits per heavy atom. The van der Waals surface area contributed by atoms with Gasteiger partial charge in [-0.05, 0) is 0 Å². The monoisotopic (exact) mass is 191 g/mol. The number of unbranched alkanes of at least 4 members (excludes halogenated alkanes) is 2. The normalized spacial score (nSPS) is 10.8. The van der Waals surface area contributed by atoms with Gasteiger partial charge in [-0.3, -0.25) is 0 Å². The second kappa shape index (κ2) is 6.15. The Kier molecular flexibility index (Phi) is 6.17. The third-order valence-corrected chi connectivity index (χ3v) is 2.85. The van der Waals surface area contributed by atoms with Crippen LogP contribution in [0.5, 0.6) is 0 Å². The molecule has 1 unspecified atom stereocenters. The van der Waals surface area contributed by atoms with E-state index in [9.17, 15) is 4.79 Å². The molecule has 1 atom stereocenters. The van der Waals surface area contributed by atoms with Crippen molar-refractivity contribution in [2.75, 3.05) is 0 Å². The first-order valence-electron chi connectivity index (χ1n) is 3.03. The molecule has 0 amide bonds. The van der Waals surface area contributed by atoms with Crippen LogP contribution in [0, 0.1) is 6.92 Å². The van der Waals surface area contributed by atoms with Gasteiger partial charge in [0.2, 0.25) is 0 Å². The molecule has 1 radical (unpaired) electrons. The van der Waals surface area contributed by atoms with Crippen molar-refractivity contribution in [3.8, 4) is 0 Å². The Morgan fingerprint density at radius 1 is 1.56 bits per heavy atom. The molecule has 0 aliphatic heterocycles. The summed E-state index contributed by atoms with van der Waals surface area (Å²) in [6.07, 6.45) is 3.07. The topological polar surface area (TPSA) is 37.3 Å². The van der Waals surface area contributed by atoms with E-state index < -0.39 is 20.5 Å². The van der Waals surface area contributed by atoms with Crippen molar-refractivity contribution in [3.63, 3.8) is 0 Å². The van der Waals surface area contributed by atoms with Crippen LogP contribution in [0.4, 0.5) is 4.79 Å². The van der Waals surface area contributed by atoms with Crippen molar-refractivity contribution >= 4 is 20.5 Å². The third-order valence-electron chi connectivity index (χ3n) is 0.953. The first-order valence-corrected chi connectivity index (χ1v) is 5.56. The summed E-state index contributed by atoms with van der Waals surface area (Å²) in [5.41, 5.74) is 0. The van der Waals surface area contributed by atoms with Crippen molar-refractivity contribution in [1.82, 2.24) is 0 Å². The molecular formula is C6H12AsO2. The van der Waals surface area contributed by atoms with Crippen LogP contribution in [0.1, 0.15) is 19.3 Å². The summed E-state index contributed by atoms with van der Waals surface area (Å²) in [7, 11) is 0. The number of hydrogen-bond acceptors (Lipinski definition) is 1. The van der Waals surface area contributed by atoms with Gasteiger partial charge in [0.25, 0.3) is 0 Å². The van der Waals surface area contributed by atoms with Crippen LogP contribution in [0.3, 0.4) is 0 Å². The van der Waals surface area contributed by atoms with Gasteiger partial charge in [0.15, 0.2) is 0 Å². The SMILES string of the molecule is [CH2]CCCC[AsH]C(=O)O. The number of carbonyl (C=O) groups is 1. The van der Waals surface area contributed by atoms with E-state index in [1.54, 1.807) is 0 Å². The molecular weight excluding hydrogens is 179 g/mol. The second-order valence-corrected chi connectivity index (χ2v) is 4.48. The van der Waals surface area contributed by atoms with E-state index in [0.29, 0.717) is 0 Å². The standard InChI is InChI=1S/C6H12AsO2/c1-2-3-4-5-7-6(8)9/h7H,1-5H2,(H,8,9). The Labute approximate surface area is 62.3 Å². The maximum atomic E-state index is 10.0. The second-order valence-electron chi connectivity index (χ2n) is 1.79. The molecule has 0 fully saturated rings. The zero-order chi connectivity index (χ0) is 7.11. The molecule has 3 heteroatoms. The Balaban J connectivity index is 2.83. The van der Waals surface area contributed by atoms with E-state index in [1.165, 1.54) is 0 Å². The van der Waals surface area contributed by atoms with Gasteiger partial charge < -0.3 is 0 Å². The van der Waals surface area contributed by atoms with E-state index >= 15 is 0 Å². The predicted octanol–water partition coefficient (Wildman–Crippen LogP) is 1.52. The van der Waals surface area contributed by atoms with Crippen molar-refractivity contribution in [1.29, 1.82) is 0 Å². The molecule has 2 nitrogen and oxygen atoms in total. The van der Waals surface area contributed by atoms with Crippen molar-refractivity contribution in [2.45, 2.75) is 24.5 Å². The number of hydrogen-bond donors (Lipinski definition) is 1. The zero-order valence-electron chi connectivity index (χ0n) is 5.39. The zero-order valence-corrected chi connectivity index (χ0v) is 7.49.